The molecule has 1 heterocycles. The number of methoxy groups -OCH3 is 1. The zero-order chi connectivity index (χ0) is 25.0. The summed E-state index contributed by atoms with van der Waals surface area (Å²) in [7, 11) is 1.61. The zero-order valence-corrected chi connectivity index (χ0v) is 20.5. The summed E-state index contributed by atoms with van der Waals surface area (Å²) >= 11 is 5.67. The molecule has 0 aromatic heterocycles. The van der Waals surface area contributed by atoms with E-state index >= 15 is 0 Å². The minimum absolute atomic E-state index is 0.120. The maximum absolute atomic E-state index is 12.1. The molecule has 1 saturated heterocycles. The smallest absolute Gasteiger partial charge is 0.308 e. The van der Waals surface area contributed by atoms with E-state index in [1.165, 1.54) is 13.8 Å². The number of ether oxygens (including phenoxy) is 3. The molecule has 0 unspecified atom stereocenters. The summed E-state index contributed by atoms with van der Waals surface area (Å²) in [5.41, 5.74) is 1.78. The molecule has 0 spiro atoms. The highest BCUT2D eigenvalue weighted by Crippen LogP contribution is 2.45. The number of benzene rings is 3. The second-order valence-electron chi connectivity index (χ2n) is 8.24. The van der Waals surface area contributed by atoms with Crippen molar-refractivity contribution in [3.05, 3.63) is 89.5 Å². The molecule has 0 radical (unpaired) electrons. The van der Waals surface area contributed by atoms with Crippen LogP contribution in [0.3, 0.4) is 0 Å². The van der Waals surface area contributed by atoms with Crippen molar-refractivity contribution in [3.63, 3.8) is 0 Å². The number of hydrogen-bond donors (Lipinski definition) is 2. The summed E-state index contributed by atoms with van der Waals surface area (Å²) in [6.45, 7) is 2.64. The first kappa shape index (κ1) is 24.2. The Hall–Kier alpha value is -3.91. The maximum Gasteiger partial charge on any atom is 0.308 e. The molecule has 1 aliphatic heterocycles. The molecule has 3 aromatic carbocycles. The largest absolute Gasteiger partial charge is 0.497 e. The summed E-state index contributed by atoms with van der Waals surface area (Å²) in [4.78, 5) is 23.6. The van der Waals surface area contributed by atoms with Crippen molar-refractivity contribution < 1.29 is 23.8 Å². The van der Waals surface area contributed by atoms with E-state index in [1.54, 1.807) is 25.3 Å². The number of carbonyl (C=O) groups is 2. The predicted molar refractivity (Wildman–Crippen MR) is 136 cm³/mol. The van der Waals surface area contributed by atoms with Crippen LogP contribution < -0.4 is 24.8 Å². The van der Waals surface area contributed by atoms with Gasteiger partial charge in [0.25, 0.3) is 0 Å². The van der Waals surface area contributed by atoms with Gasteiger partial charge in [0, 0.05) is 31.9 Å². The fourth-order valence-electron chi connectivity index (χ4n) is 4.41. The summed E-state index contributed by atoms with van der Waals surface area (Å²) in [5, 5.41) is 7.28. The van der Waals surface area contributed by atoms with E-state index < -0.39 is 17.5 Å². The van der Waals surface area contributed by atoms with Crippen molar-refractivity contribution in [2.75, 3.05) is 7.11 Å². The van der Waals surface area contributed by atoms with Gasteiger partial charge in [0.2, 0.25) is 0 Å². The fourth-order valence-corrected chi connectivity index (χ4v) is 4.72. The molecule has 0 saturated carbocycles. The van der Waals surface area contributed by atoms with E-state index in [-0.39, 0.29) is 17.5 Å². The molecule has 3 aromatic rings. The molecule has 8 heteroatoms. The van der Waals surface area contributed by atoms with E-state index in [0.717, 1.165) is 11.1 Å². The van der Waals surface area contributed by atoms with Crippen LogP contribution >= 0.6 is 12.2 Å². The van der Waals surface area contributed by atoms with Crippen molar-refractivity contribution in [1.82, 2.24) is 10.6 Å². The van der Waals surface area contributed by atoms with E-state index in [1.807, 2.05) is 54.6 Å². The van der Waals surface area contributed by atoms with Gasteiger partial charge in [-0.1, -0.05) is 42.5 Å². The van der Waals surface area contributed by atoms with Crippen molar-refractivity contribution in [1.29, 1.82) is 0 Å². The molecule has 7 nitrogen and oxygen atoms in total. The number of thiocarbonyl (C=S) groups is 1. The Morgan fingerprint density at radius 1 is 0.914 bits per heavy atom. The zero-order valence-electron chi connectivity index (χ0n) is 19.7. The molecule has 2 N–H and O–H groups in total. The van der Waals surface area contributed by atoms with Crippen LogP contribution in [0.1, 0.15) is 43.0 Å². The fraction of sp³-hybridized carbons (Fsp3) is 0.222. The first-order valence-corrected chi connectivity index (χ1v) is 11.5. The minimum Gasteiger partial charge on any atom is -0.497 e. The average molecular weight is 491 g/mol. The standard InChI is InChI=1S/C27H26N2O5S/c1-17(30)33-22-13-14-23(25(15-22)34-18(2)31)27(20-9-11-21(32-3)12-10-20)16-24(28-26(35)29-27)19-7-5-4-6-8-19/h4-15,24H,16H2,1-3H3,(H2,28,29,35)/t24-,27+/m1/s1. The minimum atomic E-state index is -0.866. The van der Waals surface area contributed by atoms with Gasteiger partial charge in [-0.2, -0.15) is 0 Å². The van der Waals surface area contributed by atoms with E-state index in [4.69, 9.17) is 26.4 Å². The third-order valence-corrected chi connectivity index (χ3v) is 6.08. The van der Waals surface area contributed by atoms with Gasteiger partial charge in [0.15, 0.2) is 5.11 Å². The topological polar surface area (TPSA) is 85.9 Å². The van der Waals surface area contributed by atoms with Gasteiger partial charge in [-0.15, -0.1) is 0 Å². The Labute approximate surface area is 209 Å². The van der Waals surface area contributed by atoms with Crippen LogP contribution in [-0.4, -0.2) is 24.2 Å². The first-order valence-electron chi connectivity index (χ1n) is 11.1. The van der Waals surface area contributed by atoms with Crippen LogP contribution in [-0.2, 0) is 15.1 Å². The van der Waals surface area contributed by atoms with Crippen LogP contribution in [0.25, 0.3) is 0 Å². The number of esters is 2. The van der Waals surface area contributed by atoms with Gasteiger partial charge in [-0.3, -0.25) is 9.59 Å². The molecule has 1 fully saturated rings. The van der Waals surface area contributed by atoms with E-state index in [9.17, 15) is 9.59 Å². The lowest BCUT2D eigenvalue weighted by molar-refractivity contribution is -0.132. The number of carbonyl (C=O) groups excluding carboxylic acids is 2. The monoisotopic (exact) mass is 490 g/mol. The van der Waals surface area contributed by atoms with E-state index in [2.05, 4.69) is 10.6 Å². The Bertz CT molecular complexity index is 1250. The van der Waals surface area contributed by atoms with Gasteiger partial charge in [-0.05, 0) is 47.6 Å². The van der Waals surface area contributed by atoms with Crippen LogP contribution in [0.4, 0.5) is 0 Å². The molecule has 180 valence electrons. The molecule has 2 atom stereocenters. The first-order chi connectivity index (χ1) is 16.8. The molecule has 35 heavy (non-hydrogen) atoms. The van der Waals surface area contributed by atoms with Crippen LogP contribution in [0.2, 0.25) is 0 Å². The number of hydrogen-bond acceptors (Lipinski definition) is 6. The van der Waals surface area contributed by atoms with E-state index in [0.29, 0.717) is 22.8 Å². The molecule has 4 rings (SSSR count). The summed E-state index contributed by atoms with van der Waals surface area (Å²) in [6, 6.07) is 22.6. The van der Waals surface area contributed by atoms with Crippen molar-refractivity contribution >= 4 is 29.3 Å². The Balaban J connectivity index is 1.91. The lowest BCUT2D eigenvalue weighted by Gasteiger charge is -2.45. The number of rotatable bonds is 6. The second kappa shape index (κ2) is 10.1. The molecule has 0 aliphatic carbocycles. The van der Waals surface area contributed by atoms with Crippen molar-refractivity contribution in [2.45, 2.75) is 31.8 Å². The third kappa shape index (κ3) is 5.27. The Morgan fingerprint density at radius 2 is 1.57 bits per heavy atom. The SMILES string of the molecule is COc1ccc([C@]2(c3ccc(OC(C)=O)cc3OC(C)=O)C[C@H](c3ccccc3)NC(=S)N2)cc1. The second-order valence-corrected chi connectivity index (χ2v) is 8.65. The van der Waals surface area contributed by atoms with Crippen LogP contribution in [0, 0.1) is 0 Å². The van der Waals surface area contributed by atoms with Crippen LogP contribution in [0.5, 0.6) is 17.2 Å². The Kier molecular flexibility index (Phi) is 7.02. The highest BCUT2D eigenvalue weighted by molar-refractivity contribution is 7.80. The normalized spacial score (nSPS) is 19.2. The quantitative estimate of drug-likeness (QED) is 0.299. The Morgan fingerprint density at radius 3 is 2.20 bits per heavy atom. The average Bonchev–Trinajstić information content (AvgIpc) is 2.83. The van der Waals surface area contributed by atoms with Gasteiger partial charge < -0.3 is 24.8 Å². The molecule has 1 aliphatic rings. The highest BCUT2D eigenvalue weighted by Gasteiger charge is 2.44. The molecule has 0 bridgehead atoms. The summed E-state index contributed by atoms with van der Waals surface area (Å²) in [6.07, 6.45) is 0.546. The lowest BCUT2D eigenvalue weighted by atomic mass is 9.75. The molecular weight excluding hydrogens is 464 g/mol. The molecular formula is C27H26N2O5S. The number of nitrogens with one attached hydrogen (secondary N) is 2. The third-order valence-electron chi connectivity index (χ3n) is 5.86. The lowest BCUT2D eigenvalue weighted by Crippen LogP contribution is -2.58. The van der Waals surface area contributed by atoms with Crippen LogP contribution in [0.15, 0.2) is 72.8 Å². The van der Waals surface area contributed by atoms with Gasteiger partial charge in [0.05, 0.1) is 18.7 Å². The van der Waals surface area contributed by atoms with Gasteiger partial charge in [0.1, 0.15) is 17.2 Å². The maximum atomic E-state index is 12.1. The molecule has 0 amide bonds. The van der Waals surface area contributed by atoms with Crippen molar-refractivity contribution in [3.8, 4) is 17.2 Å². The summed E-state index contributed by atoms with van der Waals surface area (Å²) < 4.78 is 16.2. The van der Waals surface area contributed by atoms with Crippen molar-refractivity contribution in [2.24, 2.45) is 0 Å². The van der Waals surface area contributed by atoms with Gasteiger partial charge >= 0.3 is 11.9 Å². The summed E-state index contributed by atoms with van der Waals surface area (Å²) in [5.74, 6) is 0.300. The van der Waals surface area contributed by atoms with Gasteiger partial charge in [-0.25, -0.2) is 0 Å². The predicted octanol–water partition coefficient (Wildman–Crippen LogP) is 4.40. The highest BCUT2D eigenvalue weighted by atomic mass is 32.1.